The predicted molar refractivity (Wildman–Crippen MR) is 70.5 cm³/mol. The molecule has 0 aliphatic rings. The van der Waals surface area contributed by atoms with E-state index in [1.165, 1.54) is 0 Å². The lowest BCUT2D eigenvalue weighted by molar-refractivity contribution is -0.149. The van der Waals surface area contributed by atoms with E-state index in [0.717, 1.165) is 12.1 Å². The molecule has 5 nitrogen and oxygen atoms in total. The number of carboxylic acids is 1. The van der Waals surface area contributed by atoms with Crippen molar-refractivity contribution in [3.8, 4) is 0 Å². The summed E-state index contributed by atoms with van der Waals surface area (Å²) in [6, 6.07) is 2.05. The Morgan fingerprint density at radius 1 is 1.24 bits per heavy atom. The molecule has 21 heavy (non-hydrogen) atoms. The second-order valence-electron chi connectivity index (χ2n) is 4.02. The fraction of sp³-hybridized carbons (Fsp3) is 0.273. The summed E-state index contributed by atoms with van der Waals surface area (Å²) in [5.41, 5.74) is 5.13. The molecule has 3 N–H and O–H groups in total. The number of nitrogens with two attached hydrogens (primary N) is 1. The van der Waals surface area contributed by atoms with Crippen LogP contribution in [-0.4, -0.2) is 41.1 Å². The van der Waals surface area contributed by atoms with Crippen molar-refractivity contribution in [2.75, 3.05) is 18.8 Å². The Labute approximate surface area is 127 Å². The number of hydrogen-bond acceptors (Lipinski definition) is 3. The van der Waals surface area contributed by atoms with Crippen molar-refractivity contribution >= 4 is 40.8 Å². The number of alkyl halides is 3. The average molecular weight is 345 g/mol. The summed E-state index contributed by atoms with van der Waals surface area (Å²) in [7, 11) is 0. The van der Waals surface area contributed by atoms with Gasteiger partial charge in [0.25, 0.3) is 5.91 Å². The van der Waals surface area contributed by atoms with Gasteiger partial charge in [0.1, 0.15) is 13.1 Å². The summed E-state index contributed by atoms with van der Waals surface area (Å²) in [5, 5.41) is 8.36. The van der Waals surface area contributed by atoms with Crippen LogP contribution in [0.25, 0.3) is 0 Å². The van der Waals surface area contributed by atoms with E-state index >= 15 is 0 Å². The lowest BCUT2D eigenvalue weighted by Crippen LogP contribution is -2.42. The first-order valence-corrected chi connectivity index (χ1v) is 6.09. The highest BCUT2D eigenvalue weighted by molar-refractivity contribution is 6.39. The van der Waals surface area contributed by atoms with Gasteiger partial charge in [0.15, 0.2) is 0 Å². The molecule has 1 aromatic carbocycles. The molecule has 0 fully saturated rings. The van der Waals surface area contributed by atoms with E-state index in [1.807, 2.05) is 0 Å². The number of nitrogens with zero attached hydrogens (tertiary/aromatic N) is 1. The van der Waals surface area contributed by atoms with Gasteiger partial charge in [-0.05, 0) is 12.1 Å². The largest absolute Gasteiger partial charge is 0.480 e. The van der Waals surface area contributed by atoms with Crippen LogP contribution in [0.3, 0.4) is 0 Å². The van der Waals surface area contributed by atoms with Crippen molar-refractivity contribution in [3.63, 3.8) is 0 Å². The van der Waals surface area contributed by atoms with Crippen LogP contribution >= 0.6 is 23.2 Å². The molecular formula is C11H9Cl2F3N2O3. The van der Waals surface area contributed by atoms with Gasteiger partial charge in [0.05, 0.1) is 15.7 Å². The summed E-state index contributed by atoms with van der Waals surface area (Å²) in [6.07, 6.45) is -4.74. The Hall–Kier alpha value is -1.67. The van der Waals surface area contributed by atoms with Crippen molar-refractivity contribution in [1.82, 2.24) is 4.90 Å². The molecule has 0 saturated heterocycles. The minimum Gasteiger partial charge on any atom is -0.480 e. The molecule has 1 rings (SSSR count). The van der Waals surface area contributed by atoms with Crippen LogP contribution in [0.1, 0.15) is 10.4 Å². The van der Waals surface area contributed by atoms with E-state index in [4.69, 9.17) is 34.0 Å². The van der Waals surface area contributed by atoms with Gasteiger partial charge in [-0.15, -0.1) is 0 Å². The summed E-state index contributed by atoms with van der Waals surface area (Å²) in [5.74, 6) is -2.75. The second kappa shape index (κ2) is 6.40. The van der Waals surface area contributed by atoms with Gasteiger partial charge in [-0.25, -0.2) is 0 Å². The number of carbonyl (C=O) groups is 2. The number of anilines is 1. The third-order valence-electron chi connectivity index (χ3n) is 2.31. The van der Waals surface area contributed by atoms with Gasteiger partial charge >= 0.3 is 12.1 Å². The van der Waals surface area contributed by atoms with Crippen LogP contribution in [0, 0.1) is 0 Å². The van der Waals surface area contributed by atoms with Crippen molar-refractivity contribution in [2.45, 2.75) is 6.18 Å². The van der Waals surface area contributed by atoms with Gasteiger partial charge in [-0.1, -0.05) is 23.2 Å². The molecule has 0 saturated carbocycles. The number of amides is 1. The van der Waals surface area contributed by atoms with Crippen LogP contribution in [-0.2, 0) is 4.79 Å². The normalized spacial score (nSPS) is 11.3. The highest BCUT2D eigenvalue weighted by atomic mass is 35.5. The fourth-order valence-electron chi connectivity index (χ4n) is 1.47. The molecule has 0 unspecified atom stereocenters. The second-order valence-corrected chi connectivity index (χ2v) is 4.84. The van der Waals surface area contributed by atoms with Crippen molar-refractivity contribution in [3.05, 3.63) is 27.7 Å². The molecule has 1 amide bonds. The zero-order chi connectivity index (χ0) is 16.4. The lowest BCUT2D eigenvalue weighted by atomic mass is 10.1. The number of halogens is 5. The number of carbonyl (C=O) groups excluding carboxylic acids is 1. The van der Waals surface area contributed by atoms with Gasteiger partial charge in [-0.3, -0.25) is 9.59 Å². The summed E-state index contributed by atoms with van der Waals surface area (Å²) in [6.45, 7) is -2.82. The van der Waals surface area contributed by atoms with Crippen LogP contribution < -0.4 is 5.73 Å². The molecule has 0 radical (unpaired) electrons. The highest BCUT2D eigenvalue weighted by Crippen LogP contribution is 2.29. The molecular weight excluding hydrogens is 336 g/mol. The number of hydrogen-bond donors (Lipinski definition) is 2. The third kappa shape index (κ3) is 4.98. The summed E-state index contributed by atoms with van der Waals surface area (Å²) >= 11 is 11.4. The number of rotatable bonds is 4. The molecule has 116 valence electrons. The maximum atomic E-state index is 12.4. The SMILES string of the molecule is Nc1c(Cl)cc(C(=O)N(CC(=O)O)CC(F)(F)F)cc1Cl. The average Bonchev–Trinajstić information content (AvgIpc) is 2.31. The van der Waals surface area contributed by atoms with Crippen molar-refractivity contribution in [1.29, 1.82) is 0 Å². The van der Waals surface area contributed by atoms with Crippen LogP contribution in [0.2, 0.25) is 10.0 Å². The Morgan fingerprint density at radius 3 is 2.10 bits per heavy atom. The lowest BCUT2D eigenvalue weighted by Gasteiger charge is -2.22. The fourth-order valence-corrected chi connectivity index (χ4v) is 1.96. The summed E-state index contributed by atoms with van der Waals surface area (Å²) in [4.78, 5) is 22.7. The maximum absolute atomic E-state index is 12.4. The van der Waals surface area contributed by atoms with E-state index in [0.29, 0.717) is 0 Å². The number of nitrogen functional groups attached to an aromatic ring is 1. The zero-order valence-corrected chi connectivity index (χ0v) is 11.8. The van der Waals surface area contributed by atoms with Gasteiger partial charge in [0, 0.05) is 5.56 Å². The van der Waals surface area contributed by atoms with Gasteiger partial charge in [-0.2, -0.15) is 13.2 Å². The molecule has 0 aliphatic carbocycles. The standard InChI is InChI=1S/C11H9Cl2F3N2O3/c12-6-1-5(2-7(13)9(6)17)10(21)18(3-8(19)20)4-11(14,15)16/h1-2H,3-4,17H2,(H,19,20). The Morgan fingerprint density at radius 2 is 1.71 bits per heavy atom. The minimum atomic E-state index is -4.74. The predicted octanol–water partition coefficient (Wildman–Crippen LogP) is 2.66. The smallest absolute Gasteiger partial charge is 0.406 e. The first kappa shape index (κ1) is 17.4. The summed E-state index contributed by atoms with van der Waals surface area (Å²) < 4.78 is 37.2. The van der Waals surface area contributed by atoms with Crippen LogP contribution in [0.15, 0.2) is 12.1 Å². The molecule has 0 heterocycles. The highest BCUT2D eigenvalue weighted by Gasteiger charge is 2.34. The zero-order valence-electron chi connectivity index (χ0n) is 10.2. The number of carboxylic acid groups (broad SMARTS) is 1. The first-order valence-electron chi connectivity index (χ1n) is 5.33. The molecule has 10 heteroatoms. The monoisotopic (exact) mass is 344 g/mol. The number of benzene rings is 1. The molecule has 0 bridgehead atoms. The molecule has 0 spiro atoms. The molecule has 1 aromatic rings. The Bertz CT molecular complexity index is 555. The van der Waals surface area contributed by atoms with Gasteiger partial charge in [0.2, 0.25) is 0 Å². The Kier molecular flexibility index (Phi) is 5.30. The quantitative estimate of drug-likeness (QED) is 0.822. The first-order chi connectivity index (χ1) is 9.51. The van der Waals surface area contributed by atoms with E-state index in [2.05, 4.69) is 0 Å². The van der Waals surface area contributed by atoms with E-state index in [9.17, 15) is 22.8 Å². The minimum absolute atomic E-state index is 0.0320. The molecule has 0 aromatic heterocycles. The van der Waals surface area contributed by atoms with E-state index in [1.54, 1.807) is 0 Å². The van der Waals surface area contributed by atoms with Crippen LogP contribution in [0.5, 0.6) is 0 Å². The molecule has 0 aliphatic heterocycles. The topological polar surface area (TPSA) is 83.6 Å². The van der Waals surface area contributed by atoms with Gasteiger partial charge < -0.3 is 15.7 Å². The van der Waals surface area contributed by atoms with Crippen molar-refractivity contribution in [2.24, 2.45) is 0 Å². The third-order valence-corrected chi connectivity index (χ3v) is 2.93. The number of aliphatic carboxylic acids is 1. The van der Waals surface area contributed by atoms with Crippen molar-refractivity contribution < 1.29 is 27.9 Å². The van der Waals surface area contributed by atoms with E-state index in [-0.39, 0.29) is 26.2 Å². The van der Waals surface area contributed by atoms with Crippen LogP contribution in [0.4, 0.5) is 18.9 Å². The molecule has 0 atom stereocenters. The Balaban J connectivity index is 3.13. The van der Waals surface area contributed by atoms with E-state index < -0.39 is 31.1 Å². The maximum Gasteiger partial charge on any atom is 0.406 e.